The van der Waals surface area contributed by atoms with Gasteiger partial charge in [0.2, 0.25) is 0 Å². The van der Waals surface area contributed by atoms with Crippen LogP contribution in [0.25, 0.3) is 0 Å². The molecule has 0 amide bonds. The minimum Gasteiger partial charge on any atom is -0.384 e. The maximum Gasteiger partial charge on any atom is 0.0519 e. The summed E-state index contributed by atoms with van der Waals surface area (Å²) in [6.45, 7) is 7.84. The fraction of sp³-hybridized carbons (Fsp3) is 1.00. The molecular weight excluding hydrogens is 150 g/mol. The summed E-state index contributed by atoms with van der Waals surface area (Å²) in [5.74, 6) is 0.784. The van der Waals surface area contributed by atoms with Gasteiger partial charge in [-0.2, -0.15) is 0 Å². The Hall–Kier alpha value is -0.0800. The summed E-state index contributed by atoms with van der Waals surface area (Å²) in [6.07, 6.45) is 2.51. The SMILES string of the molecule is CCC1CNCCC1(C)COC. The lowest BCUT2D eigenvalue weighted by atomic mass is 9.72. The highest BCUT2D eigenvalue weighted by Crippen LogP contribution is 2.35. The first kappa shape index (κ1) is 10.0. The molecule has 2 unspecified atom stereocenters. The quantitative estimate of drug-likeness (QED) is 0.697. The third-order valence-electron chi connectivity index (χ3n) is 3.22. The number of methoxy groups -OCH3 is 1. The topological polar surface area (TPSA) is 21.3 Å². The van der Waals surface area contributed by atoms with Crippen LogP contribution in [0.1, 0.15) is 26.7 Å². The second-order valence-electron chi connectivity index (χ2n) is 4.15. The van der Waals surface area contributed by atoms with Crippen molar-refractivity contribution in [3.05, 3.63) is 0 Å². The smallest absolute Gasteiger partial charge is 0.0519 e. The summed E-state index contributed by atoms with van der Waals surface area (Å²) in [5.41, 5.74) is 0.411. The highest BCUT2D eigenvalue weighted by molar-refractivity contribution is 4.87. The molecule has 0 bridgehead atoms. The van der Waals surface area contributed by atoms with Gasteiger partial charge in [0.25, 0.3) is 0 Å². The van der Waals surface area contributed by atoms with E-state index >= 15 is 0 Å². The lowest BCUT2D eigenvalue weighted by Gasteiger charge is -2.41. The van der Waals surface area contributed by atoms with Crippen LogP contribution in [0.4, 0.5) is 0 Å². The molecule has 12 heavy (non-hydrogen) atoms. The number of piperidine rings is 1. The Balaban J connectivity index is 2.55. The van der Waals surface area contributed by atoms with Crippen molar-refractivity contribution in [2.45, 2.75) is 26.7 Å². The first-order valence-corrected chi connectivity index (χ1v) is 4.92. The standard InChI is InChI=1S/C10H21NO/c1-4-9-7-11-6-5-10(9,2)8-12-3/h9,11H,4-8H2,1-3H3. The van der Waals surface area contributed by atoms with Crippen LogP contribution in [0.5, 0.6) is 0 Å². The molecule has 1 rings (SSSR count). The molecule has 1 saturated heterocycles. The largest absolute Gasteiger partial charge is 0.384 e. The first-order chi connectivity index (χ1) is 5.73. The maximum absolute atomic E-state index is 5.29. The van der Waals surface area contributed by atoms with Crippen LogP contribution >= 0.6 is 0 Å². The molecule has 1 aliphatic rings. The summed E-state index contributed by atoms with van der Waals surface area (Å²) in [4.78, 5) is 0. The predicted molar refractivity (Wildman–Crippen MR) is 51.3 cm³/mol. The van der Waals surface area contributed by atoms with E-state index in [0.29, 0.717) is 5.41 Å². The van der Waals surface area contributed by atoms with E-state index in [1.807, 2.05) is 0 Å². The summed E-state index contributed by atoms with van der Waals surface area (Å²) < 4.78 is 5.29. The molecule has 2 heteroatoms. The number of nitrogens with one attached hydrogen (secondary N) is 1. The molecule has 0 aromatic carbocycles. The highest BCUT2D eigenvalue weighted by atomic mass is 16.5. The van der Waals surface area contributed by atoms with Gasteiger partial charge in [-0.3, -0.25) is 0 Å². The zero-order valence-electron chi connectivity index (χ0n) is 8.52. The normalized spacial score (nSPS) is 36.8. The Labute approximate surface area is 75.7 Å². The number of rotatable bonds is 3. The molecule has 1 heterocycles. The van der Waals surface area contributed by atoms with E-state index in [0.717, 1.165) is 25.6 Å². The molecule has 2 nitrogen and oxygen atoms in total. The Morgan fingerprint density at radius 3 is 2.92 bits per heavy atom. The van der Waals surface area contributed by atoms with E-state index in [2.05, 4.69) is 19.2 Å². The fourth-order valence-corrected chi connectivity index (χ4v) is 2.26. The average Bonchev–Trinajstić information content (AvgIpc) is 2.05. The van der Waals surface area contributed by atoms with E-state index in [4.69, 9.17) is 4.74 Å². The average molecular weight is 171 g/mol. The highest BCUT2D eigenvalue weighted by Gasteiger charge is 2.35. The molecular formula is C10H21NO. The van der Waals surface area contributed by atoms with Gasteiger partial charge >= 0.3 is 0 Å². The van der Waals surface area contributed by atoms with Crippen LogP contribution in [-0.4, -0.2) is 26.8 Å². The molecule has 1 fully saturated rings. The number of hydrogen-bond donors (Lipinski definition) is 1. The molecule has 0 aromatic rings. The van der Waals surface area contributed by atoms with E-state index in [1.165, 1.54) is 12.8 Å². The van der Waals surface area contributed by atoms with E-state index < -0.39 is 0 Å². The minimum atomic E-state index is 0.411. The Morgan fingerprint density at radius 1 is 1.58 bits per heavy atom. The second-order valence-corrected chi connectivity index (χ2v) is 4.15. The van der Waals surface area contributed by atoms with Crippen molar-refractivity contribution in [1.29, 1.82) is 0 Å². The van der Waals surface area contributed by atoms with Crippen molar-refractivity contribution in [2.24, 2.45) is 11.3 Å². The molecule has 72 valence electrons. The van der Waals surface area contributed by atoms with Crippen molar-refractivity contribution >= 4 is 0 Å². The van der Waals surface area contributed by atoms with E-state index in [-0.39, 0.29) is 0 Å². The molecule has 0 spiro atoms. The molecule has 1 N–H and O–H groups in total. The van der Waals surface area contributed by atoms with Crippen LogP contribution in [0.3, 0.4) is 0 Å². The zero-order valence-corrected chi connectivity index (χ0v) is 8.52. The van der Waals surface area contributed by atoms with Gasteiger partial charge in [0.05, 0.1) is 6.61 Å². The van der Waals surface area contributed by atoms with Crippen LogP contribution in [0.15, 0.2) is 0 Å². The third-order valence-corrected chi connectivity index (χ3v) is 3.22. The Bertz CT molecular complexity index is 134. The summed E-state index contributed by atoms with van der Waals surface area (Å²) in [7, 11) is 1.81. The summed E-state index contributed by atoms with van der Waals surface area (Å²) >= 11 is 0. The Kier molecular flexibility index (Phi) is 3.53. The molecule has 0 aromatic heterocycles. The molecule has 0 radical (unpaired) electrons. The second kappa shape index (κ2) is 4.24. The van der Waals surface area contributed by atoms with Gasteiger partial charge in [-0.1, -0.05) is 20.3 Å². The van der Waals surface area contributed by atoms with Gasteiger partial charge in [-0.05, 0) is 30.8 Å². The van der Waals surface area contributed by atoms with Crippen molar-refractivity contribution in [1.82, 2.24) is 5.32 Å². The van der Waals surface area contributed by atoms with E-state index in [1.54, 1.807) is 7.11 Å². The lowest BCUT2D eigenvalue weighted by Crippen LogP contribution is -2.45. The molecule has 0 aliphatic carbocycles. The first-order valence-electron chi connectivity index (χ1n) is 4.92. The number of ether oxygens (including phenoxy) is 1. The van der Waals surface area contributed by atoms with Gasteiger partial charge in [0.15, 0.2) is 0 Å². The lowest BCUT2D eigenvalue weighted by molar-refractivity contribution is 0.0216. The number of hydrogen-bond acceptors (Lipinski definition) is 2. The van der Waals surface area contributed by atoms with Gasteiger partial charge in [-0.15, -0.1) is 0 Å². The molecule has 1 aliphatic heterocycles. The maximum atomic E-state index is 5.29. The van der Waals surface area contributed by atoms with Crippen LogP contribution in [0.2, 0.25) is 0 Å². The zero-order chi connectivity index (χ0) is 9.03. The van der Waals surface area contributed by atoms with Gasteiger partial charge in [0, 0.05) is 7.11 Å². The monoisotopic (exact) mass is 171 g/mol. The molecule has 2 atom stereocenters. The fourth-order valence-electron chi connectivity index (χ4n) is 2.26. The van der Waals surface area contributed by atoms with Crippen LogP contribution in [0, 0.1) is 11.3 Å². The van der Waals surface area contributed by atoms with Crippen molar-refractivity contribution in [3.63, 3.8) is 0 Å². The molecule has 0 saturated carbocycles. The van der Waals surface area contributed by atoms with Gasteiger partial charge in [-0.25, -0.2) is 0 Å². The predicted octanol–water partition coefficient (Wildman–Crippen LogP) is 1.66. The van der Waals surface area contributed by atoms with Crippen LogP contribution in [-0.2, 0) is 4.74 Å². The summed E-state index contributed by atoms with van der Waals surface area (Å²) in [6, 6.07) is 0. The van der Waals surface area contributed by atoms with Crippen LogP contribution < -0.4 is 5.32 Å². The Morgan fingerprint density at radius 2 is 2.33 bits per heavy atom. The van der Waals surface area contributed by atoms with Crippen molar-refractivity contribution in [2.75, 3.05) is 26.8 Å². The van der Waals surface area contributed by atoms with E-state index in [9.17, 15) is 0 Å². The van der Waals surface area contributed by atoms with Gasteiger partial charge < -0.3 is 10.1 Å². The van der Waals surface area contributed by atoms with Crippen molar-refractivity contribution < 1.29 is 4.74 Å². The minimum absolute atomic E-state index is 0.411. The summed E-state index contributed by atoms with van der Waals surface area (Å²) in [5, 5.41) is 3.44. The van der Waals surface area contributed by atoms with Crippen molar-refractivity contribution in [3.8, 4) is 0 Å². The van der Waals surface area contributed by atoms with Gasteiger partial charge in [0.1, 0.15) is 0 Å². The third kappa shape index (κ3) is 1.99.